The normalized spacial score (nSPS) is 10.9. The second-order valence-electron chi connectivity index (χ2n) is 5.06. The summed E-state index contributed by atoms with van der Waals surface area (Å²) in [5.41, 5.74) is 3.18. The lowest BCUT2D eigenvalue weighted by molar-refractivity contribution is 0.584. The summed E-state index contributed by atoms with van der Waals surface area (Å²) < 4.78 is 26.6. The molecule has 0 fully saturated rings. The van der Waals surface area contributed by atoms with Crippen LogP contribution in [-0.2, 0) is 6.42 Å². The van der Waals surface area contributed by atoms with E-state index in [4.69, 9.17) is 0 Å². The molecule has 1 aromatic carbocycles. The molecule has 21 heavy (non-hydrogen) atoms. The molecule has 0 aliphatic carbocycles. The van der Waals surface area contributed by atoms with Gasteiger partial charge in [-0.1, -0.05) is 0 Å². The first-order valence-corrected chi connectivity index (χ1v) is 6.96. The Morgan fingerprint density at radius 3 is 2.10 bits per heavy atom. The summed E-state index contributed by atoms with van der Waals surface area (Å²) in [5.74, 6) is -0.884. The second kappa shape index (κ2) is 6.72. The van der Waals surface area contributed by atoms with E-state index in [1.54, 1.807) is 0 Å². The summed E-state index contributed by atoms with van der Waals surface area (Å²) >= 11 is 0. The lowest BCUT2D eigenvalue weighted by Gasteiger charge is -2.11. The van der Waals surface area contributed by atoms with E-state index in [0.717, 1.165) is 42.4 Å². The molecule has 1 N–H and O–H groups in total. The van der Waals surface area contributed by atoms with Crippen LogP contribution in [0.1, 0.15) is 23.4 Å². The van der Waals surface area contributed by atoms with Gasteiger partial charge < -0.3 is 5.32 Å². The van der Waals surface area contributed by atoms with E-state index in [9.17, 15) is 8.78 Å². The van der Waals surface area contributed by atoms with Crippen molar-refractivity contribution < 1.29 is 8.78 Å². The molecule has 0 radical (unpaired) electrons. The Kier molecular flexibility index (Phi) is 4.96. The molecule has 0 unspecified atom stereocenters. The highest BCUT2D eigenvalue weighted by Crippen LogP contribution is 2.21. The summed E-state index contributed by atoms with van der Waals surface area (Å²) in [5, 5.41) is 3.10. The van der Waals surface area contributed by atoms with Crippen LogP contribution in [0.15, 0.2) is 18.2 Å². The van der Waals surface area contributed by atoms with Crippen molar-refractivity contribution in [1.29, 1.82) is 0 Å². The van der Waals surface area contributed by atoms with Crippen molar-refractivity contribution in [3.63, 3.8) is 0 Å². The minimum atomic E-state index is -0.623. The minimum absolute atomic E-state index is 0.362. The predicted molar refractivity (Wildman–Crippen MR) is 79.1 cm³/mol. The number of rotatable bonds is 5. The van der Waals surface area contributed by atoms with Crippen LogP contribution in [0.25, 0.3) is 11.4 Å². The van der Waals surface area contributed by atoms with Gasteiger partial charge in [0, 0.05) is 23.0 Å². The van der Waals surface area contributed by atoms with Crippen molar-refractivity contribution in [2.24, 2.45) is 0 Å². The third-order valence-corrected chi connectivity index (χ3v) is 3.39. The van der Waals surface area contributed by atoms with E-state index >= 15 is 0 Å². The molecule has 1 aromatic heterocycles. The molecule has 0 atom stereocenters. The molecule has 0 bridgehead atoms. The Balaban J connectivity index is 2.34. The van der Waals surface area contributed by atoms with Crippen LogP contribution in [0.2, 0.25) is 0 Å². The van der Waals surface area contributed by atoms with Crippen molar-refractivity contribution in [2.75, 3.05) is 13.6 Å². The number of aryl methyl sites for hydroxylation is 2. The SMILES string of the molecule is CNCCCc1c(C)nc(-c2cc(F)cc(F)c2)nc1C. The van der Waals surface area contributed by atoms with Gasteiger partial charge in [-0.2, -0.15) is 0 Å². The molecule has 0 amide bonds. The van der Waals surface area contributed by atoms with Gasteiger partial charge in [0.1, 0.15) is 11.6 Å². The van der Waals surface area contributed by atoms with Gasteiger partial charge in [0.25, 0.3) is 0 Å². The van der Waals surface area contributed by atoms with Gasteiger partial charge in [0.15, 0.2) is 5.82 Å². The number of aromatic nitrogens is 2. The zero-order valence-electron chi connectivity index (χ0n) is 12.5. The van der Waals surface area contributed by atoms with Gasteiger partial charge in [-0.15, -0.1) is 0 Å². The van der Waals surface area contributed by atoms with Crippen molar-refractivity contribution in [3.05, 3.63) is 46.8 Å². The van der Waals surface area contributed by atoms with Crippen LogP contribution in [0.3, 0.4) is 0 Å². The smallest absolute Gasteiger partial charge is 0.159 e. The lowest BCUT2D eigenvalue weighted by atomic mass is 10.1. The molecule has 112 valence electrons. The molecule has 5 heteroatoms. The van der Waals surface area contributed by atoms with E-state index in [1.165, 1.54) is 12.1 Å². The molecule has 3 nitrogen and oxygen atoms in total. The van der Waals surface area contributed by atoms with Crippen LogP contribution < -0.4 is 5.32 Å². The summed E-state index contributed by atoms with van der Waals surface area (Å²) in [6, 6.07) is 3.34. The first-order chi connectivity index (χ1) is 10.0. The van der Waals surface area contributed by atoms with Gasteiger partial charge in [0.05, 0.1) is 0 Å². The fraction of sp³-hybridized carbons (Fsp3) is 0.375. The Hall–Kier alpha value is -1.88. The van der Waals surface area contributed by atoms with E-state index in [0.29, 0.717) is 11.4 Å². The van der Waals surface area contributed by atoms with E-state index in [-0.39, 0.29) is 0 Å². The van der Waals surface area contributed by atoms with Gasteiger partial charge in [-0.25, -0.2) is 18.7 Å². The number of nitrogens with zero attached hydrogens (tertiary/aromatic N) is 2. The molecule has 0 spiro atoms. The molecule has 2 rings (SSSR count). The van der Waals surface area contributed by atoms with Crippen LogP contribution >= 0.6 is 0 Å². The fourth-order valence-corrected chi connectivity index (χ4v) is 2.36. The molecule has 1 heterocycles. The van der Waals surface area contributed by atoms with Gasteiger partial charge in [-0.05, 0) is 58.0 Å². The third-order valence-electron chi connectivity index (χ3n) is 3.39. The average molecular weight is 291 g/mol. The topological polar surface area (TPSA) is 37.8 Å². The summed E-state index contributed by atoms with van der Waals surface area (Å²) in [4.78, 5) is 8.80. The molecule has 0 aliphatic heterocycles. The lowest BCUT2D eigenvalue weighted by Crippen LogP contribution is -2.10. The summed E-state index contributed by atoms with van der Waals surface area (Å²) in [7, 11) is 1.91. The highest BCUT2D eigenvalue weighted by molar-refractivity contribution is 5.56. The summed E-state index contributed by atoms with van der Waals surface area (Å²) in [6.07, 6.45) is 1.88. The predicted octanol–water partition coefficient (Wildman–Crippen LogP) is 3.19. The van der Waals surface area contributed by atoms with Crippen molar-refractivity contribution in [3.8, 4) is 11.4 Å². The Morgan fingerprint density at radius 1 is 1.00 bits per heavy atom. The van der Waals surface area contributed by atoms with Crippen LogP contribution in [0, 0.1) is 25.5 Å². The summed E-state index contributed by atoms with van der Waals surface area (Å²) in [6.45, 7) is 4.74. The quantitative estimate of drug-likeness (QED) is 0.860. The highest BCUT2D eigenvalue weighted by atomic mass is 19.1. The van der Waals surface area contributed by atoms with Gasteiger partial charge >= 0.3 is 0 Å². The largest absolute Gasteiger partial charge is 0.320 e. The number of halogens is 2. The first-order valence-electron chi connectivity index (χ1n) is 6.96. The van der Waals surface area contributed by atoms with Crippen molar-refractivity contribution >= 4 is 0 Å². The molecule has 0 saturated heterocycles. The molecule has 0 saturated carbocycles. The molecule has 0 aliphatic rings. The Morgan fingerprint density at radius 2 is 1.57 bits per heavy atom. The Labute approximate surface area is 123 Å². The number of hydrogen-bond acceptors (Lipinski definition) is 3. The van der Waals surface area contributed by atoms with Gasteiger partial charge in [0.2, 0.25) is 0 Å². The van der Waals surface area contributed by atoms with Crippen molar-refractivity contribution in [2.45, 2.75) is 26.7 Å². The van der Waals surface area contributed by atoms with E-state index in [1.807, 2.05) is 20.9 Å². The van der Waals surface area contributed by atoms with Crippen LogP contribution in [0.5, 0.6) is 0 Å². The molecular weight excluding hydrogens is 272 g/mol. The standard InChI is InChI=1S/C16H19F2N3/c1-10-15(5-4-6-19-3)11(2)21-16(20-10)12-7-13(17)9-14(18)8-12/h7-9,19H,4-6H2,1-3H3. The van der Waals surface area contributed by atoms with E-state index in [2.05, 4.69) is 15.3 Å². The maximum Gasteiger partial charge on any atom is 0.159 e. The number of hydrogen-bond donors (Lipinski definition) is 1. The van der Waals surface area contributed by atoms with Gasteiger partial charge in [-0.3, -0.25) is 0 Å². The average Bonchev–Trinajstić information content (AvgIpc) is 2.40. The maximum absolute atomic E-state index is 13.3. The fourth-order valence-electron chi connectivity index (χ4n) is 2.36. The number of nitrogens with one attached hydrogen (secondary N) is 1. The first kappa shape index (κ1) is 15.5. The minimum Gasteiger partial charge on any atom is -0.320 e. The highest BCUT2D eigenvalue weighted by Gasteiger charge is 2.11. The van der Waals surface area contributed by atoms with Crippen LogP contribution in [0.4, 0.5) is 8.78 Å². The zero-order chi connectivity index (χ0) is 15.4. The zero-order valence-corrected chi connectivity index (χ0v) is 12.5. The second-order valence-corrected chi connectivity index (χ2v) is 5.06. The maximum atomic E-state index is 13.3. The van der Waals surface area contributed by atoms with Crippen molar-refractivity contribution in [1.82, 2.24) is 15.3 Å². The Bertz CT molecular complexity index is 598. The molecular formula is C16H19F2N3. The number of benzene rings is 1. The van der Waals surface area contributed by atoms with Crippen LogP contribution in [-0.4, -0.2) is 23.6 Å². The molecule has 2 aromatic rings. The van der Waals surface area contributed by atoms with E-state index < -0.39 is 11.6 Å². The third kappa shape index (κ3) is 3.82. The monoisotopic (exact) mass is 291 g/mol.